The normalized spacial score (nSPS) is 10.1. The van der Waals surface area contributed by atoms with Crippen LogP contribution < -0.4 is 14.8 Å². The fraction of sp³-hybridized carbons (Fsp3) is 0.267. The van der Waals surface area contributed by atoms with Crippen LogP contribution >= 0.6 is 0 Å². The van der Waals surface area contributed by atoms with Gasteiger partial charge in [0.25, 0.3) is 0 Å². The van der Waals surface area contributed by atoms with Gasteiger partial charge in [0.15, 0.2) is 0 Å². The zero-order chi connectivity index (χ0) is 13.7. The lowest BCUT2D eigenvalue weighted by Crippen LogP contribution is -2.02. The van der Waals surface area contributed by atoms with Gasteiger partial charge in [-0.25, -0.2) is 0 Å². The Kier molecular flexibility index (Phi) is 4.23. The number of rotatable bonds is 5. The van der Waals surface area contributed by atoms with Crippen LogP contribution in [0.1, 0.15) is 11.1 Å². The van der Waals surface area contributed by atoms with Gasteiger partial charge in [0.05, 0.1) is 19.9 Å². The van der Waals surface area contributed by atoms with Crippen LogP contribution in [-0.2, 0) is 6.54 Å². The molecule has 0 saturated carbocycles. The third-order valence-corrected chi connectivity index (χ3v) is 2.85. The average molecular weight is 258 g/mol. The molecule has 1 aromatic carbocycles. The van der Waals surface area contributed by atoms with Crippen molar-refractivity contribution >= 4 is 5.69 Å². The summed E-state index contributed by atoms with van der Waals surface area (Å²) in [5.41, 5.74) is 3.20. The van der Waals surface area contributed by atoms with Crippen molar-refractivity contribution in [2.24, 2.45) is 0 Å². The molecule has 0 aliphatic heterocycles. The summed E-state index contributed by atoms with van der Waals surface area (Å²) in [5, 5.41) is 3.33. The minimum absolute atomic E-state index is 0.679. The summed E-state index contributed by atoms with van der Waals surface area (Å²) in [4.78, 5) is 4.15. The number of ether oxygens (including phenoxy) is 2. The number of aryl methyl sites for hydroxylation is 1. The molecule has 19 heavy (non-hydrogen) atoms. The van der Waals surface area contributed by atoms with E-state index in [2.05, 4.69) is 16.4 Å². The second-order valence-corrected chi connectivity index (χ2v) is 4.28. The van der Waals surface area contributed by atoms with Crippen molar-refractivity contribution in [2.45, 2.75) is 13.5 Å². The standard InChI is InChI=1S/C15H18N2O2/c1-11-6-13(10-16-8-11)17-9-12-4-5-14(18-2)7-15(12)19-3/h4-8,10,17H,9H2,1-3H3. The predicted octanol–water partition coefficient (Wildman–Crippen LogP) is 3.02. The molecule has 0 radical (unpaired) electrons. The molecule has 2 aromatic rings. The zero-order valence-corrected chi connectivity index (χ0v) is 11.4. The Morgan fingerprint density at radius 2 is 1.95 bits per heavy atom. The smallest absolute Gasteiger partial charge is 0.127 e. The molecule has 2 rings (SSSR count). The van der Waals surface area contributed by atoms with Crippen LogP contribution in [0, 0.1) is 6.92 Å². The van der Waals surface area contributed by atoms with Crippen LogP contribution in [0.15, 0.2) is 36.7 Å². The van der Waals surface area contributed by atoms with E-state index in [9.17, 15) is 0 Å². The number of nitrogens with zero attached hydrogens (tertiary/aromatic N) is 1. The second kappa shape index (κ2) is 6.09. The minimum Gasteiger partial charge on any atom is -0.497 e. The molecule has 0 amide bonds. The maximum absolute atomic E-state index is 5.36. The van der Waals surface area contributed by atoms with Crippen LogP contribution in [-0.4, -0.2) is 19.2 Å². The first-order valence-electron chi connectivity index (χ1n) is 6.09. The molecule has 0 spiro atoms. The second-order valence-electron chi connectivity index (χ2n) is 4.28. The van der Waals surface area contributed by atoms with Gasteiger partial charge in [-0.05, 0) is 30.7 Å². The van der Waals surface area contributed by atoms with Gasteiger partial charge in [-0.1, -0.05) is 0 Å². The van der Waals surface area contributed by atoms with Crippen molar-refractivity contribution in [1.29, 1.82) is 0 Å². The lowest BCUT2D eigenvalue weighted by Gasteiger charge is -2.12. The number of methoxy groups -OCH3 is 2. The minimum atomic E-state index is 0.679. The quantitative estimate of drug-likeness (QED) is 0.895. The maximum Gasteiger partial charge on any atom is 0.127 e. The highest BCUT2D eigenvalue weighted by molar-refractivity contribution is 5.46. The largest absolute Gasteiger partial charge is 0.497 e. The summed E-state index contributed by atoms with van der Waals surface area (Å²) < 4.78 is 10.5. The summed E-state index contributed by atoms with van der Waals surface area (Å²) in [6.07, 6.45) is 3.64. The summed E-state index contributed by atoms with van der Waals surface area (Å²) in [6.45, 7) is 2.70. The van der Waals surface area contributed by atoms with E-state index >= 15 is 0 Å². The number of anilines is 1. The third kappa shape index (κ3) is 3.37. The molecule has 100 valence electrons. The summed E-state index contributed by atoms with van der Waals surface area (Å²) in [5.74, 6) is 1.60. The Bertz CT molecular complexity index is 556. The molecular formula is C15H18N2O2. The maximum atomic E-state index is 5.36. The molecule has 0 unspecified atom stereocenters. The molecule has 0 aliphatic carbocycles. The number of hydrogen-bond acceptors (Lipinski definition) is 4. The molecule has 0 bridgehead atoms. The first-order valence-corrected chi connectivity index (χ1v) is 6.09. The molecule has 4 nitrogen and oxygen atoms in total. The lowest BCUT2D eigenvalue weighted by molar-refractivity contribution is 0.391. The van der Waals surface area contributed by atoms with E-state index < -0.39 is 0 Å². The number of benzene rings is 1. The van der Waals surface area contributed by atoms with Gasteiger partial charge in [-0.3, -0.25) is 4.98 Å². The van der Waals surface area contributed by atoms with Gasteiger partial charge < -0.3 is 14.8 Å². The Hall–Kier alpha value is -2.23. The average Bonchev–Trinajstić information content (AvgIpc) is 2.45. The highest BCUT2D eigenvalue weighted by Crippen LogP contribution is 2.25. The van der Waals surface area contributed by atoms with Crippen LogP contribution in [0.3, 0.4) is 0 Å². The van der Waals surface area contributed by atoms with E-state index in [1.54, 1.807) is 14.2 Å². The highest BCUT2D eigenvalue weighted by Gasteiger charge is 2.05. The Balaban J connectivity index is 2.11. The van der Waals surface area contributed by atoms with E-state index in [1.165, 1.54) is 0 Å². The number of nitrogens with one attached hydrogen (secondary N) is 1. The van der Waals surface area contributed by atoms with Crippen LogP contribution in [0.5, 0.6) is 11.5 Å². The van der Waals surface area contributed by atoms with E-state index in [0.29, 0.717) is 6.54 Å². The molecule has 1 aromatic heterocycles. The molecule has 0 saturated heterocycles. The van der Waals surface area contributed by atoms with Gasteiger partial charge in [0.1, 0.15) is 11.5 Å². The summed E-state index contributed by atoms with van der Waals surface area (Å²) in [6, 6.07) is 7.86. The molecule has 1 N–H and O–H groups in total. The zero-order valence-electron chi connectivity index (χ0n) is 11.4. The Morgan fingerprint density at radius 3 is 2.63 bits per heavy atom. The molecule has 0 atom stereocenters. The van der Waals surface area contributed by atoms with Crippen LogP contribution in [0.4, 0.5) is 5.69 Å². The van der Waals surface area contributed by atoms with E-state index in [0.717, 1.165) is 28.3 Å². The topological polar surface area (TPSA) is 43.4 Å². The highest BCUT2D eigenvalue weighted by atomic mass is 16.5. The summed E-state index contributed by atoms with van der Waals surface area (Å²) in [7, 11) is 3.30. The Labute approximate surface area is 113 Å². The van der Waals surface area contributed by atoms with Crippen molar-refractivity contribution in [2.75, 3.05) is 19.5 Å². The van der Waals surface area contributed by atoms with Crippen LogP contribution in [0.25, 0.3) is 0 Å². The fourth-order valence-electron chi connectivity index (χ4n) is 1.85. The van der Waals surface area contributed by atoms with Gasteiger partial charge >= 0.3 is 0 Å². The number of hydrogen-bond donors (Lipinski definition) is 1. The lowest BCUT2D eigenvalue weighted by atomic mass is 10.2. The van der Waals surface area contributed by atoms with Crippen molar-refractivity contribution < 1.29 is 9.47 Å². The fourth-order valence-corrected chi connectivity index (χ4v) is 1.85. The van der Waals surface area contributed by atoms with Crippen molar-refractivity contribution in [3.8, 4) is 11.5 Å². The summed E-state index contributed by atoms with van der Waals surface area (Å²) >= 11 is 0. The van der Waals surface area contributed by atoms with E-state index in [1.807, 2.05) is 37.5 Å². The third-order valence-electron chi connectivity index (χ3n) is 2.85. The first-order chi connectivity index (χ1) is 9.22. The molecular weight excluding hydrogens is 240 g/mol. The van der Waals surface area contributed by atoms with E-state index in [4.69, 9.17) is 9.47 Å². The van der Waals surface area contributed by atoms with Gasteiger partial charge in [0, 0.05) is 30.6 Å². The van der Waals surface area contributed by atoms with Gasteiger partial charge in [-0.15, -0.1) is 0 Å². The SMILES string of the molecule is COc1ccc(CNc2cncc(C)c2)c(OC)c1. The van der Waals surface area contributed by atoms with E-state index in [-0.39, 0.29) is 0 Å². The number of aromatic nitrogens is 1. The molecule has 1 heterocycles. The predicted molar refractivity (Wildman–Crippen MR) is 75.8 cm³/mol. The number of pyridine rings is 1. The monoisotopic (exact) mass is 258 g/mol. The van der Waals surface area contributed by atoms with Crippen molar-refractivity contribution in [3.05, 3.63) is 47.8 Å². The molecule has 0 aliphatic rings. The van der Waals surface area contributed by atoms with Gasteiger partial charge in [-0.2, -0.15) is 0 Å². The molecule has 0 fully saturated rings. The molecule has 4 heteroatoms. The Morgan fingerprint density at radius 1 is 1.11 bits per heavy atom. The van der Waals surface area contributed by atoms with Crippen molar-refractivity contribution in [1.82, 2.24) is 4.98 Å². The van der Waals surface area contributed by atoms with Crippen LogP contribution in [0.2, 0.25) is 0 Å². The van der Waals surface area contributed by atoms with Crippen molar-refractivity contribution in [3.63, 3.8) is 0 Å². The van der Waals surface area contributed by atoms with Gasteiger partial charge in [0.2, 0.25) is 0 Å². The first kappa shape index (κ1) is 13.2.